The highest BCUT2D eigenvalue weighted by Crippen LogP contribution is 2.37. The molecule has 0 fully saturated rings. The number of alkyl halides is 6. The van der Waals surface area contributed by atoms with Gasteiger partial charge in [-0.15, -0.1) is 0 Å². The number of hydrogen-bond acceptors (Lipinski definition) is 2. The van der Waals surface area contributed by atoms with Crippen LogP contribution < -0.4 is 5.32 Å². The first kappa shape index (κ1) is 22.4. The van der Waals surface area contributed by atoms with Crippen molar-refractivity contribution in [1.29, 1.82) is 0 Å². The largest absolute Gasteiger partial charge is 0.416 e. The minimum Gasteiger partial charge on any atom is -0.326 e. The third-order valence-corrected chi connectivity index (χ3v) is 4.28. The molecular formula is C20H17F6NO2. The molecule has 0 unspecified atom stereocenters. The van der Waals surface area contributed by atoms with Crippen LogP contribution in [0.3, 0.4) is 0 Å². The van der Waals surface area contributed by atoms with E-state index in [1.54, 1.807) is 18.2 Å². The SMILES string of the molecule is Cc1ccc(C(=O)CCC(=O)Nc2cc(C(F)(F)F)cc(C(F)(F)F)c2)cc1C. The molecule has 0 aromatic heterocycles. The van der Waals surface area contributed by atoms with Crippen LogP contribution in [0.1, 0.15) is 45.5 Å². The Balaban J connectivity index is 2.11. The highest BCUT2D eigenvalue weighted by molar-refractivity contribution is 6.00. The minimum absolute atomic E-state index is 0.0289. The summed E-state index contributed by atoms with van der Waals surface area (Å²) >= 11 is 0. The van der Waals surface area contributed by atoms with Crippen molar-refractivity contribution in [3.05, 3.63) is 64.2 Å². The molecular weight excluding hydrogens is 400 g/mol. The van der Waals surface area contributed by atoms with Crippen LogP contribution in [0.5, 0.6) is 0 Å². The van der Waals surface area contributed by atoms with Crippen molar-refractivity contribution in [3.63, 3.8) is 0 Å². The molecule has 1 N–H and O–H groups in total. The lowest BCUT2D eigenvalue weighted by molar-refractivity contribution is -0.143. The summed E-state index contributed by atoms with van der Waals surface area (Å²) in [6, 6.07) is 5.78. The Kier molecular flexibility index (Phi) is 6.40. The average molecular weight is 417 g/mol. The van der Waals surface area contributed by atoms with E-state index in [9.17, 15) is 35.9 Å². The number of nitrogens with one attached hydrogen (secondary N) is 1. The van der Waals surface area contributed by atoms with Crippen LogP contribution in [0.2, 0.25) is 0 Å². The fourth-order valence-electron chi connectivity index (χ4n) is 2.54. The van der Waals surface area contributed by atoms with Gasteiger partial charge in [0.1, 0.15) is 0 Å². The number of rotatable bonds is 5. The van der Waals surface area contributed by atoms with Crippen LogP contribution in [0.4, 0.5) is 32.0 Å². The van der Waals surface area contributed by atoms with Gasteiger partial charge in [-0.2, -0.15) is 26.3 Å². The van der Waals surface area contributed by atoms with Crippen molar-refractivity contribution < 1.29 is 35.9 Å². The zero-order valence-corrected chi connectivity index (χ0v) is 15.5. The molecule has 0 bridgehead atoms. The van der Waals surface area contributed by atoms with E-state index in [0.717, 1.165) is 11.1 Å². The van der Waals surface area contributed by atoms with Crippen LogP contribution in [-0.2, 0) is 17.1 Å². The van der Waals surface area contributed by atoms with E-state index in [1.807, 2.05) is 19.2 Å². The van der Waals surface area contributed by atoms with Gasteiger partial charge in [0.15, 0.2) is 5.78 Å². The van der Waals surface area contributed by atoms with Gasteiger partial charge >= 0.3 is 12.4 Å². The minimum atomic E-state index is -5.01. The zero-order chi connectivity index (χ0) is 22.0. The highest BCUT2D eigenvalue weighted by Gasteiger charge is 2.37. The maximum Gasteiger partial charge on any atom is 0.416 e. The standard InChI is InChI=1S/C20H17F6NO2/c1-11-3-4-13(7-12(11)2)17(28)5-6-18(29)27-16-9-14(19(21,22)23)8-15(10-16)20(24,25)26/h3-4,7-10H,5-6H2,1-2H3,(H,27,29). The molecule has 0 heterocycles. The Morgan fingerprint density at radius 2 is 1.34 bits per heavy atom. The molecule has 0 aliphatic rings. The van der Waals surface area contributed by atoms with Crippen molar-refractivity contribution in [2.75, 3.05) is 5.32 Å². The monoisotopic (exact) mass is 417 g/mol. The number of benzene rings is 2. The Hall–Kier alpha value is -2.84. The van der Waals surface area contributed by atoms with E-state index in [0.29, 0.717) is 17.7 Å². The smallest absolute Gasteiger partial charge is 0.326 e. The van der Waals surface area contributed by atoms with Crippen LogP contribution in [0.25, 0.3) is 0 Å². The first-order chi connectivity index (χ1) is 13.3. The number of amides is 1. The van der Waals surface area contributed by atoms with Gasteiger partial charge in [0.25, 0.3) is 0 Å². The number of anilines is 1. The molecule has 1 amide bonds. The summed E-state index contributed by atoms with van der Waals surface area (Å²) in [4.78, 5) is 24.1. The number of Topliss-reactive ketones (excluding diaryl/α,β-unsaturated/α-hetero) is 1. The Labute approximate surface area is 162 Å². The second-order valence-corrected chi connectivity index (χ2v) is 6.56. The lowest BCUT2D eigenvalue weighted by Crippen LogP contribution is -2.16. The maximum atomic E-state index is 12.9. The van der Waals surface area contributed by atoms with E-state index in [4.69, 9.17) is 0 Å². The molecule has 3 nitrogen and oxygen atoms in total. The van der Waals surface area contributed by atoms with Crippen molar-refractivity contribution in [3.8, 4) is 0 Å². The quantitative estimate of drug-likeness (QED) is 0.483. The fourth-order valence-corrected chi connectivity index (χ4v) is 2.54. The molecule has 0 atom stereocenters. The summed E-state index contributed by atoms with van der Waals surface area (Å²) < 4.78 is 77.1. The summed E-state index contributed by atoms with van der Waals surface area (Å²) in [5.41, 5.74) is -1.48. The van der Waals surface area contributed by atoms with E-state index in [2.05, 4.69) is 0 Å². The number of ketones is 1. The summed E-state index contributed by atoms with van der Waals surface area (Å²) in [5.74, 6) is -1.22. The molecule has 2 aromatic rings. The first-order valence-corrected chi connectivity index (χ1v) is 8.47. The lowest BCUT2D eigenvalue weighted by Gasteiger charge is -2.14. The van der Waals surface area contributed by atoms with E-state index in [-0.39, 0.29) is 24.7 Å². The molecule has 0 radical (unpaired) electrons. The van der Waals surface area contributed by atoms with E-state index in [1.165, 1.54) is 0 Å². The molecule has 0 spiro atoms. The van der Waals surface area contributed by atoms with E-state index >= 15 is 0 Å². The number of halogens is 6. The number of aryl methyl sites for hydroxylation is 2. The second kappa shape index (κ2) is 8.26. The maximum absolute atomic E-state index is 12.9. The fraction of sp³-hybridized carbons (Fsp3) is 0.300. The van der Waals surface area contributed by atoms with Crippen LogP contribution >= 0.6 is 0 Å². The van der Waals surface area contributed by atoms with Gasteiger partial charge in [-0.05, 0) is 49.2 Å². The molecule has 2 rings (SSSR count). The van der Waals surface area contributed by atoms with Gasteiger partial charge in [0.05, 0.1) is 11.1 Å². The summed E-state index contributed by atoms with van der Waals surface area (Å²) in [5, 5.41) is 2.00. The van der Waals surface area contributed by atoms with Crippen molar-refractivity contribution in [1.82, 2.24) is 0 Å². The predicted molar refractivity (Wildman–Crippen MR) is 94.6 cm³/mol. The zero-order valence-electron chi connectivity index (χ0n) is 15.5. The van der Waals surface area contributed by atoms with Crippen molar-refractivity contribution in [2.24, 2.45) is 0 Å². The Morgan fingerprint density at radius 3 is 1.83 bits per heavy atom. The van der Waals surface area contributed by atoms with E-state index < -0.39 is 35.1 Å². The Morgan fingerprint density at radius 1 is 0.793 bits per heavy atom. The average Bonchev–Trinajstić information content (AvgIpc) is 2.60. The predicted octanol–water partition coefficient (Wildman–Crippen LogP) is 5.94. The van der Waals surface area contributed by atoms with Gasteiger partial charge in [0.2, 0.25) is 5.91 Å². The summed E-state index contributed by atoms with van der Waals surface area (Å²) in [6.45, 7) is 3.67. The van der Waals surface area contributed by atoms with Gasteiger partial charge in [-0.25, -0.2) is 0 Å². The highest BCUT2D eigenvalue weighted by atomic mass is 19.4. The number of hydrogen-bond donors (Lipinski definition) is 1. The molecule has 0 aliphatic carbocycles. The Bertz CT molecular complexity index is 899. The molecule has 9 heteroatoms. The van der Waals surface area contributed by atoms with Crippen LogP contribution in [0, 0.1) is 13.8 Å². The van der Waals surface area contributed by atoms with Gasteiger partial charge in [0, 0.05) is 24.1 Å². The first-order valence-electron chi connectivity index (χ1n) is 8.47. The molecule has 156 valence electrons. The molecule has 0 saturated heterocycles. The van der Waals surface area contributed by atoms with Gasteiger partial charge < -0.3 is 5.32 Å². The molecule has 0 aliphatic heterocycles. The number of carbonyl (C=O) groups is 2. The molecule has 0 saturated carbocycles. The third-order valence-electron chi connectivity index (χ3n) is 4.28. The summed E-state index contributed by atoms with van der Waals surface area (Å²) in [6.07, 6.45) is -10.7. The second-order valence-electron chi connectivity index (χ2n) is 6.56. The normalized spacial score (nSPS) is 12.0. The van der Waals surface area contributed by atoms with Gasteiger partial charge in [-0.3, -0.25) is 9.59 Å². The van der Waals surface area contributed by atoms with Gasteiger partial charge in [-0.1, -0.05) is 12.1 Å². The van der Waals surface area contributed by atoms with Crippen LogP contribution in [0.15, 0.2) is 36.4 Å². The molecule has 29 heavy (non-hydrogen) atoms. The third kappa shape index (κ3) is 6.07. The summed E-state index contributed by atoms with van der Waals surface area (Å²) in [7, 11) is 0. The topological polar surface area (TPSA) is 46.2 Å². The van der Waals surface area contributed by atoms with Crippen molar-refractivity contribution >= 4 is 17.4 Å². The van der Waals surface area contributed by atoms with Crippen molar-refractivity contribution in [2.45, 2.75) is 39.0 Å². The van der Waals surface area contributed by atoms with Crippen LogP contribution in [-0.4, -0.2) is 11.7 Å². The lowest BCUT2D eigenvalue weighted by atomic mass is 10.0. The number of carbonyl (C=O) groups excluding carboxylic acids is 2. The molecule has 2 aromatic carbocycles.